The molecule has 0 radical (unpaired) electrons. The number of hydrogen-bond acceptors (Lipinski definition) is 5. The maximum Gasteiger partial charge on any atom is 0.262 e. The Labute approximate surface area is 180 Å². The third-order valence-corrected chi connectivity index (χ3v) is 6.63. The van der Waals surface area contributed by atoms with Crippen LogP contribution in [0.25, 0.3) is 0 Å². The summed E-state index contributed by atoms with van der Waals surface area (Å²) in [5.74, 6) is 0.409. The maximum absolute atomic E-state index is 13.0. The first-order valence-corrected chi connectivity index (χ1v) is 11.5. The molecule has 0 aliphatic rings. The van der Waals surface area contributed by atoms with Crippen molar-refractivity contribution in [2.24, 2.45) is 0 Å². The molecule has 0 aromatic heterocycles. The van der Waals surface area contributed by atoms with Gasteiger partial charge in [0.25, 0.3) is 5.91 Å². The predicted octanol–water partition coefficient (Wildman–Crippen LogP) is 3.90. The number of carbonyl (C=O) groups is 1. The van der Waals surface area contributed by atoms with Crippen molar-refractivity contribution in [1.82, 2.24) is 4.31 Å². The van der Waals surface area contributed by atoms with E-state index in [1.165, 1.54) is 10.4 Å². The average molecular weight is 485 g/mol. The second kappa shape index (κ2) is 10.6. The largest absolute Gasteiger partial charge is 0.492 e. The molecule has 0 fully saturated rings. The van der Waals surface area contributed by atoms with Gasteiger partial charge in [-0.1, -0.05) is 29.8 Å². The van der Waals surface area contributed by atoms with E-state index in [0.717, 1.165) is 4.47 Å². The Hall–Kier alpha value is -2.10. The van der Waals surface area contributed by atoms with Gasteiger partial charge in [-0.2, -0.15) is 4.31 Å². The number of sulfonamides is 1. The van der Waals surface area contributed by atoms with Crippen molar-refractivity contribution in [2.75, 3.05) is 31.6 Å². The minimum absolute atomic E-state index is 0.0228. The number of ether oxygens (including phenoxy) is 2. The molecule has 9 heteroatoms. The van der Waals surface area contributed by atoms with Crippen molar-refractivity contribution < 1.29 is 22.7 Å². The van der Waals surface area contributed by atoms with Crippen LogP contribution in [0.2, 0.25) is 0 Å². The molecule has 1 amide bonds. The van der Waals surface area contributed by atoms with E-state index in [1.54, 1.807) is 45.0 Å². The van der Waals surface area contributed by atoms with E-state index in [1.807, 2.05) is 12.1 Å². The molecule has 29 heavy (non-hydrogen) atoms. The molecule has 0 atom stereocenters. The van der Waals surface area contributed by atoms with Crippen LogP contribution in [0.1, 0.15) is 20.8 Å². The molecular formula is C20H25BrN2O5S. The van der Waals surface area contributed by atoms with Crippen LogP contribution in [0.5, 0.6) is 11.5 Å². The van der Waals surface area contributed by atoms with Gasteiger partial charge in [0, 0.05) is 23.2 Å². The van der Waals surface area contributed by atoms with E-state index >= 15 is 0 Å². The molecule has 0 spiro atoms. The highest BCUT2D eigenvalue weighted by Gasteiger charge is 2.26. The molecule has 0 aliphatic carbocycles. The molecule has 2 aromatic rings. The Morgan fingerprint density at radius 1 is 1.03 bits per heavy atom. The summed E-state index contributed by atoms with van der Waals surface area (Å²) in [5, 5.41) is 2.67. The minimum Gasteiger partial charge on any atom is -0.492 e. The van der Waals surface area contributed by atoms with Crippen LogP contribution >= 0.6 is 15.9 Å². The molecular weight excluding hydrogens is 460 g/mol. The normalized spacial score (nSPS) is 11.3. The number of carbonyl (C=O) groups excluding carboxylic acids is 1. The highest BCUT2D eigenvalue weighted by atomic mass is 79.9. The van der Waals surface area contributed by atoms with Crippen molar-refractivity contribution in [2.45, 2.75) is 25.7 Å². The van der Waals surface area contributed by atoms with Crippen LogP contribution in [-0.4, -0.2) is 44.9 Å². The van der Waals surface area contributed by atoms with E-state index < -0.39 is 15.9 Å². The van der Waals surface area contributed by atoms with Crippen LogP contribution in [0.15, 0.2) is 51.8 Å². The maximum atomic E-state index is 13.0. The summed E-state index contributed by atoms with van der Waals surface area (Å²) >= 11 is 3.33. The lowest BCUT2D eigenvalue weighted by Gasteiger charge is -2.21. The molecule has 2 aromatic carbocycles. The topological polar surface area (TPSA) is 84.9 Å². The van der Waals surface area contributed by atoms with Gasteiger partial charge in [-0.3, -0.25) is 4.79 Å². The summed E-state index contributed by atoms with van der Waals surface area (Å²) in [6, 6.07) is 11.7. The first kappa shape index (κ1) is 23.2. The molecule has 0 bridgehead atoms. The number of nitrogens with one attached hydrogen (secondary N) is 1. The van der Waals surface area contributed by atoms with Gasteiger partial charge in [0.05, 0.1) is 6.61 Å². The standard InChI is InChI=1S/C20H25BrN2O5S/c1-4-23(5-2)29(25,26)19-13-16(9-12-18(19)27-6-3)22-20(24)14-28-17-10-7-15(21)8-11-17/h7-13H,4-6,14H2,1-3H3,(H,22,24). The van der Waals surface area contributed by atoms with E-state index in [2.05, 4.69) is 21.2 Å². The smallest absolute Gasteiger partial charge is 0.262 e. The predicted molar refractivity (Wildman–Crippen MR) is 116 cm³/mol. The van der Waals surface area contributed by atoms with Gasteiger partial charge in [0.1, 0.15) is 16.4 Å². The molecule has 0 saturated heterocycles. The molecule has 158 valence electrons. The van der Waals surface area contributed by atoms with E-state index in [-0.39, 0.29) is 17.3 Å². The Bertz CT molecular complexity index is 928. The Morgan fingerprint density at radius 3 is 2.28 bits per heavy atom. The van der Waals surface area contributed by atoms with Crippen molar-refractivity contribution in [3.05, 3.63) is 46.9 Å². The fourth-order valence-corrected chi connectivity index (χ4v) is 4.52. The van der Waals surface area contributed by atoms with Crippen molar-refractivity contribution in [3.8, 4) is 11.5 Å². The van der Waals surface area contributed by atoms with Gasteiger partial charge in [-0.05, 0) is 49.4 Å². The summed E-state index contributed by atoms with van der Waals surface area (Å²) in [5.41, 5.74) is 0.351. The lowest BCUT2D eigenvalue weighted by Crippen LogP contribution is -2.31. The summed E-state index contributed by atoms with van der Waals surface area (Å²) < 4.78 is 39.1. The lowest BCUT2D eigenvalue weighted by atomic mass is 10.3. The van der Waals surface area contributed by atoms with Crippen LogP contribution in [0.3, 0.4) is 0 Å². The average Bonchev–Trinajstić information content (AvgIpc) is 2.69. The molecule has 0 saturated carbocycles. The monoisotopic (exact) mass is 484 g/mol. The van der Waals surface area contributed by atoms with Crippen LogP contribution < -0.4 is 14.8 Å². The summed E-state index contributed by atoms with van der Waals surface area (Å²) in [7, 11) is -3.75. The molecule has 2 rings (SSSR count). The second-order valence-corrected chi connectivity index (χ2v) is 8.80. The van der Waals surface area contributed by atoms with Gasteiger partial charge in [0.15, 0.2) is 6.61 Å². The number of amides is 1. The van der Waals surface area contributed by atoms with Crippen molar-refractivity contribution >= 4 is 37.5 Å². The zero-order chi connectivity index (χ0) is 21.4. The minimum atomic E-state index is -3.75. The number of nitrogens with zero attached hydrogens (tertiary/aromatic N) is 1. The number of rotatable bonds is 10. The van der Waals surface area contributed by atoms with Crippen LogP contribution in [-0.2, 0) is 14.8 Å². The third-order valence-electron chi connectivity index (χ3n) is 4.03. The van der Waals surface area contributed by atoms with Gasteiger partial charge in [-0.15, -0.1) is 0 Å². The molecule has 7 nitrogen and oxygen atoms in total. The first-order valence-electron chi connectivity index (χ1n) is 9.27. The quantitative estimate of drug-likeness (QED) is 0.552. The summed E-state index contributed by atoms with van der Waals surface area (Å²) in [4.78, 5) is 12.3. The molecule has 0 heterocycles. The Morgan fingerprint density at radius 2 is 1.69 bits per heavy atom. The lowest BCUT2D eigenvalue weighted by molar-refractivity contribution is -0.118. The number of hydrogen-bond donors (Lipinski definition) is 1. The fraction of sp³-hybridized carbons (Fsp3) is 0.350. The van der Waals surface area contributed by atoms with E-state index in [9.17, 15) is 13.2 Å². The summed E-state index contributed by atoms with van der Waals surface area (Å²) in [6.07, 6.45) is 0. The Kier molecular flexibility index (Phi) is 8.48. The Balaban J connectivity index is 2.18. The van der Waals surface area contributed by atoms with Crippen LogP contribution in [0.4, 0.5) is 5.69 Å². The van der Waals surface area contributed by atoms with E-state index in [4.69, 9.17) is 9.47 Å². The van der Waals surface area contributed by atoms with Gasteiger partial charge in [-0.25, -0.2) is 8.42 Å². The van der Waals surface area contributed by atoms with Crippen LogP contribution in [0, 0.1) is 0 Å². The van der Waals surface area contributed by atoms with Gasteiger partial charge >= 0.3 is 0 Å². The van der Waals surface area contributed by atoms with Gasteiger partial charge < -0.3 is 14.8 Å². The molecule has 1 N–H and O–H groups in total. The number of halogens is 1. The zero-order valence-electron chi connectivity index (χ0n) is 16.6. The van der Waals surface area contributed by atoms with Crippen molar-refractivity contribution in [1.29, 1.82) is 0 Å². The van der Waals surface area contributed by atoms with E-state index in [0.29, 0.717) is 31.1 Å². The first-order chi connectivity index (χ1) is 13.8. The molecule has 0 aliphatic heterocycles. The fourth-order valence-electron chi connectivity index (χ4n) is 2.64. The number of anilines is 1. The highest BCUT2D eigenvalue weighted by Crippen LogP contribution is 2.30. The summed E-state index contributed by atoms with van der Waals surface area (Å²) in [6.45, 7) is 6.12. The highest BCUT2D eigenvalue weighted by molar-refractivity contribution is 9.10. The van der Waals surface area contributed by atoms with Crippen molar-refractivity contribution in [3.63, 3.8) is 0 Å². The number of benzene rings is 2. The van der Waals surface area contributed by atoms with Gasteiger partial charge in [0.2, 0.25) is 10.0 Å². The third kappa shape index (κ3) is 6.19. The second-order valence-electron chi connectivity index (χ2n) is 5.97. The SMILES string of the molecule is CCOc1ccc(NC(=O)COc2ccc(Br)cc2)cc1S(=O)(=O)N(CC)CC. The molecule has 0 unspecified atom stereocenters. The zero-order valence-corrected chi connectivity index (χ0v) is 19.0.